The van der Waals surface area contributed by atoms with Crippen LogP contribution in [0.4, 0.5) is 0 Å². The Morgan fingerprint density at radius 3 is 2.44 bits per heavy atom. The Balaban J connectivity index is 3.79. The van der Waals surface area contributed by atoms with E-state index in [1.165, 1.54) is 0 Å². The Bertz CT molecular complexity index is 214. The highest BCUT2D eigenvalue weighted by atomic mass is 16.3. The van der Waals surface area contributed by atoms with Gasteiger partial charge in [-0.1, -0.05) is 33.6 Å². The van der Waals surface area contributed by atoms with Crippen molar-refractivity contribution in [2.24, 2.45) is 17.6 Å². The lowest BCUT2D eigenvalue weighted by Gasteiger charge is -2.17. The van der Waals surface area contributed by atoms with Gasteiger partial charge in [-0.25, -0.2) is 0 Å². The maximum Gasteiger partial charge on any atom is 0.220 e. The van der Waals surface area contributed by atoms with E-state index in [1.807, 2.05) is 13.8 Å². The fraction of sp³-hybridized carbons (Fsp3) is 0.929. The standard InChI is InChI=1S/C14H30N2O2/c1-4-5-12(8-9-15)6-7-14(18)16-10-13(17)11(2)3/h11-13,17H,4-10,15H2,1-3H3,(H,16,18). The average Bonchev–Trinajstić information content (AvgIpc) is 2.33. The number of hydrogen-bond acceptors (Lipinski definition) is 3. The molecule has 18 heavy (non-hydrogen) atoms. The van der Waals surface area contributed by atoms with Gasteiger partial charge in [-0.15, -0.1) is 0 Å². The molecular formula is C14H30N2O2. The number of rotatable bonds is 10. The van der Waals surface area contributed by atoms with Gasteiger partial charge in [0.25, 0.3) is 0 Å². The molecule has 4 N–H and O–H groups in total. The first-order valence-corrected chi connectivity index (χ1v) is 7.16. The van der Waals surface area contributed by atoms with Crippen molar-refractivity contribution < 1.29 is 9.90 Å². The van der Waals surface area contributed by atoms with E-state index in [4.69, 9.17) is 5.73 Å². The van der Waals surface area contributed by atoms with E-state index in [-0.39, 0.29) is 11.8 Å². The van der Waals surface area contributed by atoms with Gasteiger partial charge in [-0.3, -0.25) is 4.79 Å². The molecule has 1 amide bonds. The molecule has 0 aromatic carbocycles. The molecule has 4 nitrogen and oxygen atoms in total. The van der Waals surface area contributed by atoms with Crippen LogP contribution in [0.25, 0.3) is 0 Å². The number of carbonyl (C=O) groups is 1. The van der Waals surface area contributed by atoms with Crippen LogP contribution in [0, 0.1) is 11.8 Å². The van der Waals surface area contributed by atoms with Gasteiger partial charge in [0, 0.05) is 13.0 Å². The van der Waals surface area contributed by atoms with Crippen LogP contribution in [0.5, 0.6) is 0 Å². The molecule has 0 radical (unpaired) electrons. The number of nitrogens with two attached hydrogens (primary N) is 1. The molecule has 0 aliphatic rings. The lowest BCUT2D eigenvalue weighted by molar-refractivity contribution is -0.122. The van der Waals surface area contributed by atoms with Gasteiger partial charge in [0.15, 0.2) is 0 Å². The monoisotopic (exact) mass is 258 g/mol. The summed E-state index contributed by atoms with van der Waals surface area (Å²) in [6.07, 6.45) is 4.25. The molecule has 4 heteroatoms. The van der Waals surface area contributed by atoms with Crippen LogP contribution in [-0.2, 0) is 4.79 Å². The smallest absolute Gasteiger partial charge is 0.220 e. The largest absolute Gasteiger partial charge is 0.391 e. The minimum Gasteiger partial charge on any atom is -0.391 e. The molecule has 0 aliphatic carbocycles. The van der Waals surface area contributed by atoms with E-state index in [0.29, 0.717) is 25.4 Å². The normalized spacial score (nSPS) is 14.6. The topological polar surface area (TPSA) is 75.4 Å². The molecule has 2 unspecified atom stereocenters. The average molecular weight is 258 g/mol. The van der Waals surface area contributed by atoms with E-state index in [2.05, 4.69) is 12.2 Å². The highest BCUT2D eigenvalue weighted by Crippen LogP contribution is 2.16. The summed E-state index contributed by atoms with van der Waals surface area (Å²) in [6, 6.07) is 0. The van der Waals surface area contributed by atoms with Crippen LogP contribution >= 0.6 is 0 Å². The van der Waals surface area contributed by atoms with E-state index in [9.17, 15) is 9.90 Å². The molecule has 0 fully saturated rings. The summed E-state index contributed by atoms with van der Waals surface area (Å²) in [5.74, 6) is 0.768. The predicted molar refractivity (Wildman–Crippen MR) is 75.2 cm³/mol. The van der Waals surface area contributed by atoms with Crippen molar-refractivity contribution in [2.45, 2.75) is 59.0 Å². The van der Waals surface area contributed by atoms with Crippen LogP contribution < -0.4 is 11.1 Å². The summed E-state index contributed by atoms with van der Waals surface area (Å²) in [5.41, 5.74) is 5.56. The number of amides is 1. The summed E-state index contributed by atoms with van der Waals surface area (Å²) < 4.78 is 0. The summed E-state index contributed by atoms with van der Waals surface area (Å²) in [7, 11) is 0. The van der Waals surface area contributed by atoms with Gasteiger partial charge in [0.05, 0.1) is 6.10 Å². The van der Waals surface area contributed by atoms with Crippen LogP contribution in [-0.4, -0.2) is 30.2 Å². The van der Waals surface area contributed by atoms with E-state index >= 15 is 0 Å². The van der Waals surface area contributed by atoms with Gasteiger partial charge < -0.3 is 16.2 Å². The molecule has 0 aliphatic heterocycles. The lowest BCUT2D eigenvalue weighted by Crippen LogP contribution is -2.34. The Morgan fingerprint density at radius 1 is 1.28 bits per heavy atom. The zero-order valence-electron chi connectivity index (χ0n) is 12.1. The molecule has 0 spiro atoms. The van der Waals surface area contributed by atoms with Crippen molar-refractivity contribution in [2.75, 3.05) is 13.1 Å². The number of nitrogens with one attached hydrogen (secondary N) is 1. The van der Waals surface area contributed by atoms with Crippen molar-refractivity contribution in [1.82, 2.24) is 5.32 Å². The second kappa shape index (κ2) is 10.3. The number of aliphatic hydroxyl groups is 1. The molecule has 0 bridgehead atoms. The number of hydrogen-bond donors (Lipinski definition) is 3. The van der Waals surface area contributed by atoms with Gasteiger partial charge in [-0.2, -0.15) is 0 Å². The number of carbonyl (C=O) groups excluding carboxylic acids is 1. The Hall–Kier alpha value is -0.610. The molecule has 2 atom stereocenters. The first kappa shape index (κ1) is 17.4. The highest BCUT2D eigenvalue weighted by molar-refractivity contribution is 5.75. The summed E-state index contributed by atoms with van der Waals surface area (Å²) >= 11 is 0. The molecule has 0 saturated heterocycles. The second-order valence-electron chi connectivity index (χ2n) is 5.39. The third-order valence-electron chi connectivity index (χ3n) is 3.33. The van der Waals surface area contributed by atoms with Gasteiger partial charge >= 0.3 is 0 Å². The van der Waals surface area contributed by atoms with E-state index < -0.39 is 6.10 Å². The fourth-order valence-electron chi connectivity index (χ4n) is 1.95. The van der Waals surface area contributed by atoms with Crippen molar-refractivity contribution in [3.8, 4) is 0 Å². The van der Waals surface area contributed by atoms with Gasteiger partial charge in [-0.05, 0) is 31.2 Å². The molecule has 0 saturated carbocycles. The first-order chi connectivity index (χ1) is 8.51. The Labute approximate surface area is 111 Å². The predicted octanol–water partition coefficient (Wildman–Crippen LogP) is 1.66. The SMILES string of the molecule is CCCC(CCN)CCC(=O)NCC(O)C(C)C. The fourth-order valence-corrected chi connectivity index (χ4v) is 1.95. The van der Waals surface area contributed by atoms with E-state index in [0.717, 1.165) is 25.7 Å². The maximum absolute atomic E-state index is 11.6. The summed E-state index contributed by atoms with van der Waals surface area (Å²) in [5, 5.41) is 12.4. The van der Waals surface area contributed by atoms with Gasteiger partial charge in [0.2, 0.25) is 5.91 Å². The van der Waals surface area contributed by atoms with Gasteiger partial charge in [0.1, 0.15) is 0 Å². The Kier molecular flexibility index (Phi) is 9.98. The molecule has 0 aromatic rings. The van der Waals surface area contributed by atoms with Crippen LogP contribution in [0.3, 0.4) is 0 Å². The van der Waals surface area contributed by atoms with Crippen molar-refractivity contribution in [1.29, 1.82) is 0 Å². The van der Waals surface area contributed by atoms with Crippen LogP contribution in [0.2, 0.25) is 0 Å². The minimum absolute atomic E-state index is 0.0350. The third kappa shape index (κ3) is 8.48. The second-order valence-corrected chi connectivity index (χ2v) is 5.39. The van der Waals surface area contributed by atoms with Crippen molar-refractivity contribution in [3.63, 3.8) is 0 Å². The minimum atomic E-state index is -0.454. The van der Waals surface area contributed by atoms with Crippen molar-refractivity contribution >= 4 is 5.91 Å². The summed E-state index contributed by atoms with van der Waals surface area (Å²) in [4.78, 5) is 11.6. The maximum atomic E-state index is 11.6. The van der Waals surface area contributed by atoms with E-state index in [1.54, 1.807) is 0 Å². The lowest BCUT2D eigenvalue weighted by atomic mass is 9.94. The third-order valence-corrected chi connectivity index (χ3v) is 3.33. The molecular weight excluding hydrogens is 228 g/mol. The van der Waals surface area contributed by atoms with Crippen molar-refractivity contribution in [3.05, 3.63) is 0 Å². The summed E-state index contributed by atoms with van der Waals surface area (Å²) in [6.45, 7) is 7.08. The zero-order chi connectivity index (χ0) is 14.0. The molecule has 0 rings (SSSR count). The molecule has 108 valence electrons. The molecule has 0 heterocycles. The number of aliphatic hydroxyl groups excluding tert-OH is 1. The zero-order valence-corrected chi connectivity index (χ0v) is 12.1. The quantitative estimate of drug-likeness (QED) is 0.558. The molecule has 0 aromatic heterocycles. The Morgan fingerprint density at radius 2 is 1.94 bits per heavy atom. The highest BCUT2D eigenvalue weighted by Gasteiger charge is 2.12. The first-order valence-electron chi connectivity index (χ1n) is 7.16. The van der Waals surface area contributed by atoms with Crippen LogP contribution in [0.1, 0.15) is 52.9 Å². The van der Waals surface area contributed by atoms with Crippen LogP contribution in [0.15, 0.2) is 0 Å².